The molecular weight excluding hydrogens is 274 g/mol. The van der Waals surface area contributed by atoms with Crippen LogP contribution in [0, 0.1) is 5.41 Å². The van der Waals surface area contributed by atoms with Crippen LogP contribution in [0.5, 0.6) is 5.75 Å². The van der Waals surface area contributed by atoms with Crippen molar-refractivity contribution in [1.29, 1.82) is 5.41 Å². The van der Waals surface area contributed by atoms with Gasteiger partial charge in [0.05, 0.1) is 12.8 Å². The maximum absolute atomic E-state index is 11.9. The molecule has 0 aromatic carbocycles. The fourth-order valence-corrected chi connectivity index (χ4v) is 2.17. The lowest BCUT2D eigenvalue weighted by atomic mass is 10.0. The SMILES string of the molecule is C[C@@]1(n2cc(O)c(=N)n(O)c2=O)O[C@H](CO)[C@@H](O)[C@H]1O. The van der Waals surface area contributed by atoms with Gasteiger partial charge in [0, 0.05) is 0 Å². The highest BCUT2D eigenvalue weighted by Gasteiger charge is 2.53. The van der Waals surface area contributed by atoms with Gasteiger partial charge in [-0.2, -0.15) is 0 Å². The Kier molecular flexibility index (Phi) is 3.34. The van der Waals surface area contributed by atoms with E-state index in [1.807, 2.05) is 0 Å². The molecular formula is C10H15N3O7. The summed E-state index contributed by atoms with van der Waals surface area (Å²) in [6.07, 6.45) is -3.38. The third-order valence-corrected chi connectivity index (χ3v) is 3.39. The Morgan fingerprint density at radius 1 is 1.50 bits per heavy atom. The van der Waals surface area contributed by atoms with Crippen LogP contribution in [0.15, 0.2) is 11.0 Å². The van der Waals surface area contributed by atoms with Crippen molar-refractivity contribution in [3.05, 3.63) is 22.2 Å². The minimum absolute atomic E-state index is 0.130. The van der Waals surface area contributed by atoms with Crippen LogP contribution < -0.4 is 11.2 Å². The molecule has 1 aromatic rings. The zero-order valence-corrected chi connectivity index (χ0v) is 10.5. The van der Waals surface area contributed by atoms with Crippen molar-refractivity contribution in [2.24, 2.45) is 0 Å². The van der Waals surface area contributed by atoms with Crippen LogP contribution in [0.2, 0.25) is 0 Å². The van der Waals surface area contributed by atoms with E-state index in [9.17, 15) is 25.3 Å². The maximum atomic E-state index is 11.9. The molecule has 1 aliphatic heterocycles. The van der Waals surface area contributed by atoms with E-state index in [-0.39, 0.29) is 4.73 Å². The Hall–Kier alpha value is -1.88. The number of rotatable bonds is 2. The van der Waals surface area contributed by atoms with Crippen LogP contribution in [0.25, 0.3) is 0 Å². The summed E-state index contributed by atoms with van der Waals surface area (Å²) in [5.74, 6) is -0.730. The molecule has 0 radical (unpaired) electrons. The molecule has 2 rings (SSSR count). The van der Waals surface area contributed by atoms with Gasteiger partial charge in [-0.25, -0.2) is 4.79 Å². The number of nitrogens with one attached hydrogen (secondary N) is 1. The number of aliphatic hydroxyl groups excluding tert-OH is 3. The van der Waals surface area contributed by atoms with Gasteiger partial charge in [-0.15, -0.1) is 4.73 Å². The van der Waals surface area contributed by atoms with Gasteiger partial charge in [0.15, 0.2) is 11.5 Å². The predicted molar refractivity (Wildman–Crippen MR) is 61.0 cm³/mol. The summed E-state index contributed by atoms with van der Waals surface area (Å²) in [5.41, 5.74) is -3.80. The summed E-state index contributed by atoms with van der Waals surface area (Å²) < 4.78 is 5.77. The molecule has 4 atom stereocenters. The van der Waals surface area contributed by atoms with Crippen molar-refractivity contribution < 1.29 is 30.4 Å². The highest BCUT2D eigenvalue weighted by molar-refractivity contribution is 5.11. The lowest BCUT2D eigenvalue weighted by Gasteiger charge is -2.30. The summed E-state index contributed by atoms with van der Waals surface area (Å²) >= 11 is 0. The van der Waals surface area contributed by atoms with E-state index in [1.54, 1.807) is 0 Å². The molecule has 2 heterocycles. The Morgan fingerprint density at radius 2 is 2.10 bits per heavy atom. The zero-order chi connectivity index (χ0) is 15.2. The number of aliphatic hydroxyl groups is 3. The molecule has 1 saturated heterocycles. The summed E-state index contributed by atoms with van der Waals surface area (Å²) in [6, 6.07) is 0. The quantitative estimate of drug-likeness (QED) is 0.313. The van der Waals surface area contributed by atoms with Crippen LogP contribution in [0.3, 0.4) is 0 Å². The highest BCUT2D eigenvalue weighted by Crippen LogP contribution is 2.34. The Balaban J connectivity index is 2.63. The normalized spacial score (nSPS) is 33.5. The number of hydrogen-bond donors (Lipinski definition) is 6. The van der Waals surface area contributed by atoms with Crippen LogP contribution in [-0.4, -0.2) is 59.8 Å². The second-order valence-corrected chi connectivity index (χ2v) is 4.66. The van der Waals surface area contributed by atoms with Crippen molar-refractivity contribution in [1.82, 2.24) is 9.30 Å². The molecule has 0 bridgehead atoms. The molecule has 10 nitrogen and oxygen atoms in total. The van der Waals surface area contributed by atoms with E-state index in [0.717, 1.165) is 6.20 Å². The molecule has 1 aliphatic rings. The number of aromatic nitrogens is 2. The van der Waals surface area contributed by atoms with Gasteiger partial charge < -0.3 is 30.4 Å². The van der Waals surface area contributed by atoms with Crippen LogP contribution in [-0.2, 0) is 10.5 Å². The van der Waals surface area contributed by atoms with E-state index in [1.165, 1.54) is 6.92 Å². The first-order valence-corrected chi connectivity index (χ1v) is 5.71. The van der Waals surface area contributed by atoms with E-state index >= 15 is 0 Å². The summed E-state index contributed by atoms with van der Waals surface area (Å²) in [5, 5.41) is 54.9. The fraction of sp³-hybridized carbons (Fsp3) is 0.600. The van der Waals surface area contributed by atoms with E-state index in [0.29, 0.717) is 4.57 Å². The second kappa shape index (κ2) is 4.59. The van der Waals surface area contributed by atoms with Gasteiger partial charge in [-0.05, 0) is 6.92 Å². The van der Waals surface area contributed by atoms with E-state index < -0.39 is 47.6 Å². The Morgan fingerprint density at radius 3 is 2.60 bits per heavy atom. The molecule has 0 aliphatic carbocycles. The lowest BCUT2D eigenvalue weighted by molar-refractivity contribution is -0.139. The summed E-state index contributed by atoms with van der Waals surface area (Å²) in [7, 11) is 0. The second-order valence-electron chi connectivity index (χ2n) is 4.66. The first-order valence-electron chi connectivity index (χ1n) is 5.71. The van der Waals surface area contributed by atoms with Crippen molar-refractivity contribution >= 4 is 0 Å². The summed E-state index contributed by atoms with van der Waals surface area (Å²) in [4.78, 5) is 11.9. The molecule has 0 spiro atoms. The highest BCUT2D eigenvalue weighted by atomic mass is 16.6. The molecule has 1 aromatic heterocycles. The minimum Gasteiger partial charge on any atom is -0.503 e. The fourth-order valence-electron chi connectivity index (χ4n) is 2.17. The standard InChI is InChI=1S/C10H15N3O7/c1-10(7(17)6(16)5(3-14)20-10)12-2-4(15)8(11)13(19)9(12)18/h2,5-7,11,14-17,19H,3H2,1H3/t5-,6-,7-,10-/m1/s1. The molecule has 0 amide bonds. The number of nitrogens with zero attached hydrogens (tertiary/aromatic N) is 2. The largest absolute Gasteiger partial charge is 0.503 e. The molecule has 20 heavy (non-hydrogen) atoms. The van der Waals surface area contributed by atoms with Crippen molar-refractivity contribution in [3.8, 4) is 5.75 Å². The van der Waals surface area contributed by atoms with Crippen LogP contribution in [0.4, 0.5) is 0 Å². The average Bonchev–Trinajstić information content (AvgIpc) is 2.65. The smallest absolute Gasteiger partial charge is 0.365 e. The third kappa shape index (κ3) is 1.81. The van der Waals surface area contributed by atoms with Gasteiger partial charge in [-0.3, -0.25) is 9.98 Å². The monoisotopic (exact) mass is 289 g/mol. The third-order valence-electron chi connectivity index (χ3n) is 3.39. The summed E-state index contributed by atoms with van der Waals surface area (Å²) in [6.45, 7) is 0.644. The zero-order valence-electron chi connectivity index (χ0n) is 10.5. The van der Waals surface area contributed by atoms with Crippen molar-refractivity contribution in [3.63, 3.8) is 0 Å². The Bertz CT molecular complexity index is 639. The molecule has 1 fully saturated rings. The first-order chi connectivity index (χ1) is 9.24. The number of hydrogen-bond acceptors (Lipinski definition) is 8. The first kappa shape index (κ1) is 14.5. The minimum atomic E-state index is -1.82. The van der Waals surface area contributed by atoms with Crippen molar-refractivity contribution in [2.75, 3.05) is 6.61 Å². The number of aromatic hydroxyl groups is 1. The van der Waals surface area contributed by atoms with Gasteiger partial charge in [0.1, 0.15) is 18.3 Å². The van der Waals surface area contributed by atoms with Crippen LogP contribution in [0.1, 0.15) is 6.92 Å². The Labute approximate surface area is 111 Å². The predicted octanol–water partition coefficient (Wildman–Crippen LogP) is -3.14. The van der Waals surface area contributed by atoms with Crippen LogP contribution >= 0.6 is 0 Å². The van der Waals surface area contributed by atoms with Gasteiger partial charge >= 0.3 is 5.69 Å². The van der Waals surface area contributed by atoms with E-state index in [4.69, 9.17) is 15.3 Å². The maximum Gasteiger partial charge on any atom is 0.365 e. The topological polar surface area (TPSA) is 161 Å². The molecule has 0 saturated carbocycles. The lowest BCUT2D eigenvalue weighted by Crippen LogP contribution is -2.51. The molecule has 112 valence electrons. The molecule has 6 N–H and O–H groups in total. The van der Waals surface area contributed by atoms with Crippen molar-refractivity contribution in [2.45, 2.75) is 31.0 Å². The number of ether oxygens (including phenoxy) is 1. The average molecular weight is 289 g/mol. The molecule has 0 unspecified atom stereocenters. The van der Waals surface area contributed by atoms with Gasteiger partial charge in [-0.1, -0.05) is 0 Å². The van der Waals surface area contributed by atoms with E-state index in [2.05, 4.69) is 0 Å². The van der Waals surface area contributed by atoms with Gasteiger partial charge in [0.25, 0.3) is 0 Å². The molecule has 10 heteroatoms. The van der Waals surface area contributed by atoms with Gasteiger partial charge in [0.2, 0.25) is 5.49 Å².